The van der Waals surface area contributed by atoms with Gasteiger partial charge in [-0.3, -0.25) is 0 Å². The highest BCUT2D eigenvalue weighted by Crippen LogP contribution is 2.31. The molecule has 0 amide bonds. The van der Waals surface area contributed by atoms with Gasteiger partial charge in [-0.25, -0.2) is 0 Å². The van der Waals surface area contributed by atoms with E-state index in [1.54, 1.807) is 0 Å². The van der Waals surface area contributed by atoms with Crippen molar-refractivity contribution in [2.45, 2.75) is 40.2 Å². The van der Waals surface area contributed by atoms with Gasteiger partial charge in [0.05, 0.1) is 11.1 Å². The Morgan fingerprint density at radius 3 is 2.50 bits per heavy atom. The molecule has 0 heterocycles. The summed E-state index contributed by atoms with van der Waals surface area (Å²) in [4.78, 5) is 0. The number of nitrogens with one attached hydrogen (secondary N) is 1. The van der Waals surface area contributed by atoms with E-state index in [1.807, 2.05) is 6.92 Å². The van der Waals surface area contributed by atoms with E-state index in [1.165, 1.54) is 12.0 Å². The first-order valence-corrected chi connectivity index (χ1v) is 7.58. The molecule has 0 radical (unpaired) electrons. The van der Waals surface area contributed by atoms with Crippen molar-refractivity contribution in [2.75, 3.05) is 13.2 Å². The molecule has 0 saturated heterocycles. The lowest BCUT2D eigenvalue weighted by atomic mass is 9.92. The maximum atomic E-state index is 5.55. The second kappa shape index (κ2) is 7.80. The number of hydrogen-bond acceptors (Lipinski definition) is 2. The van der Waals surface area contributed by atoms with Crippen molar-refractivity contribution in [1.29, 1.82) is 0 Å². The van der Waals surface area contributed by atoms with Crippen molar-refractivity contribution in [3.63, 3.8) is 0 Å². The molecule has 2 unspecified atom stereocenters. The predicted octanol–water partition coefficient (Wildman–Crippen LogP) is 4.54. The fourth-order valence-corrected chi connectivity index (χ4v) is 2.60. The first-order valence-electron chi connectivity index (χ1n) is 6.79. The second-order valence-corrected chi connectivity index (χ2v) is 5.40. The Morgan fingerprint density at radius 1 is 1.28 bits per heavy atom. The predicted molar refractivity (Wildman–Crippen MR) is 81.2 cm³/mol. The van der Waals surface area contributed by atoms with Gasteiger partial charge >= 0.3 is 0 Å². The van der Waals surface area contributed by atoms with Crippen LogP contribution in [0.25, 0.3) is 0 Å². The van der Waals surface area contributed by atoms with Crippen LogP contribution in [0.1, 0.15) is 45.7 Å². The highest BCUT2D eigenvalue weighted by atomic mass is 79.9. The molecular weight excluding hydrogens is 290 g/mol. The molecule has 102 valence electrons. The van der Waals surface area contributed by atoms with E-state index in [9.17, 15) is 0 Å². The zero-order chi connectivity index (χ0) is 13.5. The number of halogens is 1. The Balaban J connectivity index is 2.95. The highest BCUT2D eigenvalue weighted by molar-refractivity contribution is 9.10. The third-order valence-electron chi connectivity index (χ3n) is 3.25. The van der Waals surface area contributed by atoms with Crippen LogP contribution in [0, 0.1) is 5.92 Å². The van der Waals surface area contributed by atoms with E-state index in [4.69, 9.17) is 4.74 Å². The van der Waals surface area contributed by atoms with Gasteiger partial charge in [-0.2, -0.15) is 0 Å². The van der Waals surface area contributed by atoms with Crippen LogP contribution in [0.4, 0.5) is 0 Å². The van der Waals surface area contributed by atoms with E-state index < -0.39 is 0 Å². The molecule has 0 fully saturated rings. The Labute approximate surface area is 119 Å². The monoisotopic (exact) mass is 313 g/mol. The van der Waals surface area contributed by atoms with Gasteiger partial charge < -0.3 is 10.1 Å². The van der Waals surface area contributed by atoms with Crippen LogP contribution in [0.5, 0.6) is 5.75 Å². The maximum Gasteiger partial charge on any atom is 0.133 e. The summed E-state index contributed by atoms with van der Waals surface area (Å²) in [6.45, 7) is 10.4. The minimum Gasteiger partial charge on any atom is -0.493 e. The average molecular weight is 314 g/mol. The summed E-state index contributed by atoms with van der Waals surface area (Å²) >= 11 is 3.59. The molecule has 2 atom stereocenters. The Kier molecular flexibility index (Phi) is 6.72. The van der Waals surface area contributed by atoms with E-state index in [0.29, 0.717) is 18.6 Å². The molecule has 0 spiro atoms. The molecule has 0 aliphatic carbocycles. The summed E-state index contributed by atoms with van der Waals surface area (Å²) in [5.41, 5.74) is 1.32. The highest BCUT2D eigenvalue weighted by Gasteiger charge is 2.17. The van der Waals surface area contributed by atoms with Gasteiger partial charge in [0.2, 0.25) is 0 Å². The summed E-state index contributed by atoms with van der Waals surface area (Å²) < 4.78 is 6.59. The zero-order valence-corrected chi connectivity index (χ0v) is 13.4. The third kappa shape index (κ3) is 3.99. The van der Waals surface area contributed by atoms with E-state index >= 15 is 0 Å². The van der Waals surface area contributed by atoms with Crippen molar-refractivity contribution >= 4 is 15.9 Å². The first kappa shape index (κ1) is 15.5. The van der Waals surface area contributed by atoms with Crippen LogP contribution in [0.2, 0.25) is 0 Å². The largest absolute Gasteiger partial charge is 0.493 e. The Morgan fingerprint density at radius 2 is 2.00 bits per heavy atom. The molecule has 0 aliphatic rings. The summed E-state index contributed by atoms with van der Waals surface area (Å²) in [5.74, 6) is 1.54. The van der Waals surface area contributed by atoms with Gasteiger partial charge in [-0.15, -0.1) is 0 Å². The molecule has 1 aromatic carbocycles. The quantitative estimate of drug-likeness (QED) is 0.797. The second-order valence-electron chi connectivity index (χ2n) is 4.54. The Bertz CT molecular complexity index is 368. The molecule has 1 rings (SSSR count). The maximum absolute atomic E-state index is 5.55. The Hall–Kier alpha value is -0.540. The third-order valence-corrected chi connectivity index (χ3v) is 3.87. The van der Waals surface area contributed by atoms with E-state index in [0.717, 1.165) is 16.8 Å². The van der Waals surface area contributed by atoms with Gasteiger partial charge in [-0.05, 0) is 53.0 Å². The summed E-state index contributed by atoms with van der Waals surface area (Å²) in [6, 6.07) is 6.79. The van der Waals surface area contributed by atoms with Crippen molar-refractivity contribution in [2.24, 2.45) is 5.92 Å². The number of ether oxygens (including phenoxy) is 1. The molecule has 3 heteroatoms. The van der Waals surface area contributed by atoms with Crippen molar-refractivity contribution < 1.29 is 4.74 Å². The zero-order valence-electron chi connectivity index (χ0n) is 11.8. The molecule has 1 N–H and O–H groups in total. The van der Waals surface area contributed by atoms with Crippen molar-refractivity contribution in [3.05, 3.63) is 28.2 Å². The summed E-state index contributed by atoms with van der Waals surface area (Å²) in [7, 11) is 0. The van der Waals surface area contributed by atoms with Crippen LogP contribution >= 0.6 is 15.9 Å². The minimum absolute atomic E-state index is 0.409. The van der Waals surface area contributed by atoms with Crippen LogP contribution in [-0.2, 0) is 0 Å². The standard InChI is InChI=1S/C15H24BrNO/c1-5-11(4)15(17-6-2)12-8-9-14(18-7-3)13(16)10-12/h8-11,15,17H,5-7H2,1-4H3. The average Bonchev–Trinajstić information content (AvgIpc) is 2.38. The summed E-state index contributed by atoms with van der Waals surface area (Å²) in [5, 5.41) is 3.57. The molecule has 2 nitrogen and oxygen atoms in total. The lowest BCUT2D eigenvalue weighted by Crippen LogP contribution is -2.26. The van der Waals surface area contributed by atoms with Crippen molar-refractivity contribution in [3.8, 4) is 5.75 Å². The van der Waals surface area contributed by atoms with Gasteiger partial charge in [0.1, 0.15) is 5.75 Å². The fraction of sp³-hybridized carbons (Fsp3) is 0.600. The smallest absolute Gasteiger partial charge is 0.133 e. The van der Waals surface area contributed by atoms with Crippen LogP contribution in [0.3, 0.4) is 0 Å². The van der Waals surface area contributed by atoms with Crippen LogP contribution < -0.4 is 10.1 Å². The van der Waals surface area contributed by atoms with Gasteiger partial charge in [0.15, 0.2) is 0 Å². The molecule has 0 aromatic heterocycles. The SMILES string of the molecule is CCNC(c1ccc(OCC)c(Br)c1)C(C)CC. The molecular formula is C15H24BrNO. The van der Waals surface area contributed by atoms with Gasteiger partial charge in [0, 0.05) is 6.04 Å². The van der Waals surface area contributed by atoms with Crippen molar-refractivity contribution in [1.82, 2.24) is 5.32 Å². The van der Waals surface area contributed by atoms with Gasteiger partial charge in [0.25, 0.3) is 0 Å². The van der Waals surface area contributed by atoms with E-state index in [-0.39, 0.29) is 0 Å². The molecule has 1 aromatic rings. The molecule has 0 bridgehead atoms. The first-order chi connectivity index (χ1) is 8.63. The van der Waals surface area contributed by atoms with Crippen LogP contribution in [0.15, 0.2) is 22.7 Å². The fourth-order valence-electron chi connectivity index (χ4n) is 2.09. The lowest BCUT2D eigenvalue weighted by molar-refractivity contribution is 0.337. The number of benzene rings is 1. The minimum atomic E-state index is 0.409. The molecule has 18 heavy (non-hydrogen) atoms. The topological polar surface area (TPSA) is 21.3 Å². The van der Waals surface area contributed by atoms with Gasteiger partial charge in [-0.1, -0.05) is 33.3 Å². The normalized spacial score (nSPS) is 14.3. The van der Waals surface area contributed by atoms with E-state index in [2.05, 4.69) is 60.2 Å². The van der Waals surface area contributed by atoms with Crippen LogP contribution in [-0.4, -0.2) is 13.2 Å². The number of rotatable bonds is 7. The number of hydrogen-bond donors (Lipinski definition) is 1. The lowest BCUT2D eigenvalue weighted by Gasteiger charge is -2.25. The molecule has 0 aliphatic heterocycles. The molecule has 0 saturated carbocycles. The summed E-state index contributed by atoms with van der Waals surface area (Å²) in [6.07, 6.45) is 1.17.